The Morgan fingerprint density at radius 3 is 2.09 bits per heavy atom. The molecule has 0 aromatic heterocycles. The minimum Gasteiger partial charge on any atom is -0.320 e. The van der Waals surface area contributed by atoms with Gasteiger partial charge in [0.15, 0.2) is 0 Å². The molecule has 3 aromatic carbocycles. The second kappa shape index (κ2) is 8.97. The van der Waals surface area contributed by atoms with Gasteiger partial charge in [-0.05, 0) is 54.6 Å². The zero-order chi connectivity index (χ0) is 23.8. The number of anilines is 2. The third-order valence-electron chi connectivity index (χ3n) is 5.17. The van der Waals surface area contributed by atoms with Crippen molar-refractivity contribution < 1.29 is 18.0 Å². The molecule has 0 bridgehead atoms. The van der Waals surface area contributed by atoms with Crippen molar-refractivity contribution in [3.8, 4) is 0 Å². The number of hydrogen-bond donors (Lipinski definition) is 2. The van der Waals surface area contributed by atoms with E-state index >= 15 is 0 Å². The van der Waals surface area contributed by atoms with Crippen LogP contribution in [0.15, 0.2) is 84.7 Å². The number of nitrogens with two attached hydrogens (primary N) is 1. The minimum atomic E-state index is -4.49. The van der Waals surface area contributed by atoms with Gasteiger partial charge in [-0.25, -0.2) is 5.84 Å². The van der Waals surface area contributed by atoms with E-state index in [4.69, 9.17) is 29.0 Å². The number of benzene rings is 3. The second-order valence-corrected chi connectivity index (χ2v) is 8.02. The summed E-state index contributed by atoms with van der Waals surface area (Å²) in [5.41, 5.74) is 3.08. The summed E-state index contributed by atoms with van der Waals surface area (Å²) in [4.78, 5) is 16.1. The van der Waals surface area contributed by atoms with Crippen molar-refractivity contribution in [2.75, 3.05) is 9.80 Å². The van der Waals surface area contributed by atoms with Crippen molar-refractivity contribution in [2.45, 2.75) is 12.3 Å². The lowest BCUT2D eigenvalue weighted by atomic mass is 10.1. The lowest BCUT2D eigenvalue weighted by molar-refractivity contribution is -0.137. The van der Waals surface area contributed by atoms with E-state index in [1.807, 2.05) is 0 Å². The molecule has 5 nitrogen and oxygen atoms in total. The number of amides is 1. The van der Waals surface area contributed by atoms with Crippen LogP contribution in [0.2, 0.25) is 10.0 Å². The van der Waals surface area contributed by atoms with E-state index in [-0.39, 0.29) is 5.70 Å². The fourth-order valence-electron chi connectivity index (χ4n) is 3.66. The van der Waals surface area contributed by atoms with Gasteiger partial charge in [0.1, 0.15) is 11.9 Å². The van der Waals surface area contributed by atoms with Crippen LogP contribution < -0.4 is 21.1 Å². The Balaban J connectivity index is 1.90. The molecular weight excluding hydrogens is 476 g/mol. The van der Waals surface area contributed by atoms with Crippen LogP contribution in [-0.2, 0) is 11.0 Å². The maximum Gasteiger partial charge on any atom is 0.416 e. The van der Waals surface area contributed by atoms with Gasteiger partial charge in [0.2, 0.25) is 0 Å². The largest absolute Gasteiger partial charge is 0.416 e. The fraction of sp³-hybridized carbons (Fsp3) is 0.0870. The third-order valence-corrected chi connectivity index (χ3v) is 5.77. The molecule has 4 rings (SSSR count). The average Bonchev–Trinajstić information content (AvgIpc) is 3.19. The van der Waals surface area contributed by atoms with E-state index in [0.717, 1.165) is 12.1 Å². The van der Waals surface area contributed by atoms with Gasteiger partial charge in [0.05, 0.1) is 5.56 Å². The topological polar surface area (TPSA) is 61.6 Å². The van der Waals surface area contributed by atoms with Crippen LogP contribution >= 0.6 is 23.2 Å². The standard InChI is InChI=1S/C23H17Cl2F3N4O/c24-15-7-11-16(12-8-15)31-13-20(21(33)30-29)32(22(31)18-3-1-2-4-19(18)25)17-9-5-14(6-10-17)23(26,27)28/h1-13,22H,29H2,(H,30,33). The van der Waals surface area contributed by atoms with Gasteiger partial charge in [-0.3, -0.25) is 10.2 Å². The zero-order valence-electron chi connectivity index (χ0n) is 16.9. The van der Waals surface area contributed by atoms with Gasteiger partial charge < -0.3 is 9.80 Å². The summed E-state index contributed by atoms with van der Waals surface area (Å²) in [5, 5.41) is 0.942. The first-order valence-electron chi connectivity index (χ1n) is 9.68. The Bertz CT molecular complexity index is 1200. The monoisotopic (exact) mass is 492 g/mol. The lowest BCUT2D eigenvalue weighted by Gasteiger charge is -2.35. The highest BCUT2D eigenvalue weighted by Gasteiger charge is 2.39. The highest BCUT2D eigenvalue weighted by molar-refractivity contribution is 6.31. The maximum absolute atomic E-state index is 13.1. The van der Waals surface area contributed by atoms with E-state index in [0.29, 0.717) is 27.0 Å². The Morgan fingerprint density at radius 2 is 1.52 bits per heavy atom. The number of carbonyl (C=O) groups excluding carboxylic acids is 1. The third kappa shape index (κ3) is 4.50. The van der Waals surface area contributed by atoms with Gasteiger partial charge in [0, 0.05) is 33.2 Å². The van der Waals surface area contributed by atoms with Crippen molar-refractivity contribution >= 4 is 40.5 Å². The van der Waals surface area contributed by atoms with Crippen molar-refractivity contribution in [1.82, 2.24) is 5.43 Å². The number of hydrogen-bond acceptors (Lipinski definition) is 4. The van der Waals surface area contributed by atoms with Crippen LogP contribution in [0.3, 0.4) is 0 Å². The smallest absolute Gasteiger partial charge is 0.320 e. The fourth-order valence-corrected chi connectivity index (χ4v) is 4.02. The van der Waals surface area contributed by atoms with Gasteiger partial charge in [0.25, 0.3) is 5.91 Å². The molecule has 0 aliphatic carbocycles. The molecule has 0 spiro atoms. The van der Waals surface area contributed by atoms with Gasteiger partial charge in [-0.2, -0.15) is 13.2 Å². The highest BCUT2D eigenvalue weighted by Crippen LogP contribution is 2.44. The molecule has 10 heteroatoms. The molecular formula is C23H17Cl2F3N4O. The maximum atomic E-state index is 13.1. The van der Waals surface area contributed by atoms with Gasteiger partial charge in [-0.15, -0.1) is 0 Å². The van der Waals surface area contributed by atoms with Crippen molar-refractivity contribution in [1.29, 1.82) is 0 Å². The molecule has 1 amide bonds. The number of carbonyl (C=O) groups is 1. The first-order valence-corrected chi connectivity index (χ1v) is 10.4. The molecule has 0 saturated heterocycles. The van der Waals surface area contributed by atoms with Crippen molar-refractivity contribution in [2.24, 2.45) is 5.84 Å². The summed E-state index contributed by atoms with van der Waals surface area (Å²) < 4.78 is 39.4. The molecule has 1 heterocycles. The Morgan fingerprint density at radius 1 is 0.909 bits per heavy atom. The number of alkyl halides is 3. The molecule has 1 aliphatic rings. The van der Waals surface area contributed by atoms with Crippen LogP contribution in [0.4, 0.5) is 24.5 Å². The summed E-state index contributed by atoms with van der Waals surface area (Å²) in [5.74, 6) is 4.79. The molecule has 33 heavy (non-hydrogen) atoms. The summed E-state index contributed by atoms with van der Waals surface area (Å²) >= 11 is 12.5. The quantitative estimate of drug-likeness (QED) is 0.271. The predicted octanol–water partition coefficient (Wildman–Crippen LogP) is 5.87. The molecule has 1 atom stereocenters. The first kappa shape index (κ1) is 23.0. The van der Waals surface area contributed by atoms with Crippen LogP contribution in [0.1, 0.15) is 17.3 Å². The molecule has 1 aliphatic heterocycles. The van der Waals surface area contributed by atoms with Crippen molar-refractivity contribution in [3.63, 3.8) is 0 Å². The Labute approximate surface area is 197 Å². The summed E-state index contributed by atoms with van der Waals surface area (Å²) in [7, 11) is 0. The molecule has 170 valence electrons. The molecule has 3 N–H and O–H groups in total. The van der Waals surface area contributed by atoms with E-state index in [1.165, 1.54) is 12.1 Å². The second-order valence-electron chi connectivity index (χ2n) is 7.18. The number of nitrogens with one attached hydrogen (secondary N) is 1. The Hall–Kier alpha value is -3.20. The van der Waals surface area contributed by atoms with E-state index < -0.39 is 23.8 Å². The zero-order valence-corrected chi connectivity index (χ0v) is 18.4. The van der Waals surface area contributed by atoms with E-state index in [2.05, 4.69) is 5.43 Å². The molecule has 0 radical (unpaired) electrons. The summed E-state index contributed by atoms with van der Waals surface area (Å²) in [6, 6.07) is 18.5. The number of rotatable bonds is 4. The normalized spacial score (nSPS) is 16.1. The summed E-state index contributed by atoms with van der Waals surface area (Å²) in [6.07, 6.45) is -3.62. The first-order chi connectivity index (χ1) is 15.7. The van der Waals surface area contributed by atoms with Gasteiger partial charge >= 0.3 is 6.18 Å². The Kier molecular flexibility index (Phi) is 6.25. The molecule has 0 fully saturated rings. The molecule has 0 saturated carbocycles. The van der Waals surface area contributed by atoms with Gasteiger partial charge in [-0.1, -0.05) is 41.4 Å². The van der Waals surface area contributed by atoms with Crippen LogP contribution in [0, 0.1) is 0 Å². The highest BCUT2D eigenvalue weighted by atomic mass is 35.5. The molecule has 3 aromatic rings. The van der Waals surface area contributed by atoms with E-state index in [9.17, 15) is 18.0 Å². The average molecular weight is 493 g/mol. The number of hydrazine groups is 1. The van der Waals surface area contributed by atoms with Crippen LogP contribution in [0.25, 0.3) is 0 Å². The SMILES string of the molecule is NNC(=O)C1=CN(c2ccc(Cl)cc2)C(c2ccccc2Cl)N1c1ccc(C(F)(F)F)cc1. The minimum absolute atomic E-state index is 0.122. The number of halogens is 5. The summed E-state index contributed by atoms with van der Waals surface area (Å²) in [6.45, 7) is 0. The lowest BCUT2D eigenvalue weighted by Crippen LogP contribution is -2.39. The number of nitrogens with zero attached hydrogens (tertiary/aromatic N) is 2. The van der Waals surface area contributed by atoms with Crippen molar-refractivity contribution in [3.05, 3.63) is 106 Å². The molecule has 1 unspecified atom stereocenters. The predicted molar refractivity (Wildman–Crippen MR) is 122 cm³/mol. The van der Waals surface area contributed by atoms with E-state index in [1.54, 1.807) is 64.5 Å². The van der Waals surface area contributed by atoms with Crippen LogP contribution in [0.5, 0.6) is 0 Å². The van der Waals surface area contributed by atoms with Crippen LogP contribution in [-0.4, -0.2) is 5.91 Å².